The van der Waals surface area contributed by atoms with Crippen LogP contribution in [0, 0.1) is 11.7 Å². The lowest BCUT2D eigenvalue weighted by Gasteiger charge is -2.19. The third-order valence-electron chi connectivity index (χ3n) is 4.63. The third kappa shape index (κ3) is 5.58. The first-order valence-electron chi connectivity index (χ1n) is 9.48. The largest absolute Gasteiger partial charge is 0.490 e. The molecule has 0 spiro atoms. The Hall–Kier alpha value is -2.83. The van der Waals surface area contributed by atoms with Gasteiger partial charge >= 0.3 is 0 Å². The molecule has 1 atom stereocenters. The highest BCUT2D eigenvalue weighted by Gasteiger charge is 2.22. The molecule has 1 aliphatic rings. The number of rotatable bonds is 8. The molecule has 0 bridgehead atoms. The van der Waals surface area contributed by atoms with Gasteiger partial charge in [0.05, 0.1) is 32.0 Å². The Bertz CT molecular complexity index is 824. The van der Waals surface area contributed by atoms with E-state index in [0.717, 1.165) is 11.3 Å². The normalized spacial score (nSPS) is 15.1. The van der Waals surface area contributed by atoms with Gasteiger partial charge in [-0.2, -0.15) is 0 Å². The fourth-order valence-electron chi connectivity index (χ4n) is 2.72. The molecule has 0 radical (unpaired) electrons. The van der Waals surface area contributed by atoms with Crippen LogP contribution in [0.4, 0.5) is 4.39 Å². The highest BCUT2D eigenvalue weighted by Crippen LogP contribution is 2.30. The molecular formula is C21H27FN4O2. The highest BCUT2D eigenvalue weighted by atomic mass is 19.1. The molecule has 1 heterocycles. The quantitative estimate of drug-likeness (QED) is 0.537. The van der Waals surface area contributed by atoms with Gasteiger partial charge in [0.15, 0.2) is 17.5 Å². The molecule has 28 heavy (non-hydrogen) atoms. The number of hydrogen-bond donors (Lipinski definition) is 2. The van der Waals surface area contributed by atoms with Gasteiger partial charge in [-0.15, -0.1) is 0 Å². The lowest BCUT2D eigenvalue weighted by molar-refractivity contribution is 0.285. The Morgan fingerprint density at radius 1 is 1.32 bits per heavy atom. The summed E-state index contributed by atoms with van der Waals surface area (Å²) in [6, 6.07) is 10.5. The minimum absolute atomic E-state index is 0.128. The first-order chi connectivity index (χ1) is 13.6. The monoisotopic (exact) mass is 386 g/mol. The van der Waals surface area contributed by atoms with E-state index in [0.29, 0.717) is 36.7 Å². The molecule has 1 unspecified atom stereocenters. The van der Waals surface area contributed by atoms with E-state index in [1.54, 1.807) is 26.3 Å². The Balaban J connectivity index is 1.55. The van der Waals surface area contributed by atoms with E-state index < -0.39 is 0 Å². The van der Waals surface area contributed by atoms with Crippen LogP contribution in [0.3, 0.4) is 0 Å². The molecule has 7 heteroatoms. The number of nitrogens with zero attached hydrogens (tertiary/aromatic N) is 2. The van der Waals surface area contributed by atoms with E-state index in [9.17, 15) is 4.39 Å². The summed E-state index contributed by atoms with van der Waals surface area (Å²) in [5.41, 5.74) is 1.65. The van der Waals surface area contributed by atoms with Crippen LogP contribution in [0.5, 0.6) is 11.6 Å². The summed E-state index contributed by atoms with van der Waals surface area (Å²) in [5.74, 6) is 1.74. The van der Waals surface area contributed by atoms with Gasteiger partial charge in [0.2, 0.25) is 5.88 Å². The van der Waals surface area contributed by atoms with Crippen molar-refractivity contribution in [2.24, 2.45) is 10.9 Å². The second kappa shape index (κ2) is 9.39. The van der Waals surface area contributed by atoms with E-state index >= 15 is 0 Å². The number of aromatic nitrogens is 1. The van der Waals surface area contributed by atoms with E-state index in [-0.39, 0.29) is 11.9 Å². The maximum absolute atomic E-state index is 14.3. The Morgan fingerprint density at radius 2 is 2.14 bits per heavy atom. The molecule has 1 aromatic heterocycles. The lowest BCUT2D eigenvalue weighted by atomic mass is 10.1. The average Bonchev–Trinajstić information content (AvgIpc) is 3.54. The number of hydrogen-bond acceptors (Lipinski definition) is 4. The van der Waals surface area contributed by atoms with Gasteiger partial charge < -0.3 is 20.1 Å². The van der Waals surface area contributed by atoms with Crippen LogP contribution in [0.25, 0.3) is 0 Å². The number of benzene rings is 1. The third-order valence-corrected chi connectivity index (χ3v) is 4.63. The van der Waals surface area contributed by atoms with Crippen molar-refractivity contribution in [2.45, 2.75) is 32.4 Å². The second-order valence-electron chi connectivity index (χ2n) is 6.91. The molecule has 0 amide bonds. The molecule has 0 aliphatic heterocycles. The number of methoxy groups -OCH3 is 1. The lowest BCUT2D eigenvalue weighted by Crippen LogP contribution is -2.38. The fourth-order valence-corrected chi connectivity index (χ4v) is 2.72. The molecule has 2 aromatic rings. The summed E-state index contributed by atoms with van der Waals surface area (Å²) in [6.07, 6.45) is 2.36. The summed E-state index contributed by atoms with van der Waals surface area (Å²) in [6.45, 7) is 3.04. The van der Waals surface area contributed by atoms with Gasteiger partial charge in [-0.1, -0.05) is 12.1 Å². The molecule has 150 valence electrons. The number of aliphatic imine (C=N–C) groups is 1. The van der Waals surface area contributed by atoms with E-state index in [1.807, 2.05) is 25.1 Å². The van der Waals surface area contributed by atoms with Crippen molar-refractivity contribution >= 4 is 5.96 Å². The van der Waals surface area contributed by atoms with Gasteiger partial charge in [-0.25, -0.2) is 9.37 Å². The smallest absolute Gasteiger partial charge is 0.213 e. The predicted molar refractivity (Wildman–Crippen MR) is 107 cm³/mol. The van der Waals surface area contributed by atoms with Gasteiger partial charge in [-0.3, -0.25) is 4.99 Å². The second-order valence-corrected chi connectivity index (χ2v) is 6.91. The van der Waals surface area contributed by atoms with Crippen molar-refractivity contribution < 1.29 is 13.9 Å². The molecule has 1 saturated carbocycles. The molecule has 6 nitrogen and oxygen atoms in total. The first kappa shape index (κ1) is 19.9. The van der Waals surface area contributed by atoms with Crippen molar-refractivity contribution in [3.8, 4) is 11.6 Å². The number of nitrogens with one attached hydrogen (secondary N) is 2. The van der Waals surface area contributed by atoms with Crippen LogP contribution in [-0.2, 0) is 6.54 Å². The molecule has 3 rings (SSSR count). The van der Waals surface area contributed by atoms with E-state index in [4.69, 9.17) is 9.47 Å². The van der Waals surface area contributed by atoms with Crippen LogP contribution in [0.15, 0.2) is 41.4 Å². The first-order valence-corrected chi connectivity index (χ1v) is 9.48. The topological polar surface area (TPSA) is 67.8 Å². The van der Waals surface area contributed by atoms with Crippen LogP contribution in [0.1, 0.15) is 37.1 Å². The standard InChI is InChI=1S/C21H27FN4O2/c1-14(16-9-10-19(18(22)11-16)28-13-15-7-8-15)25-21(23-2)24-12-17-5-4-6-20(26-17)27-3/h4-6,9-11,14-15H,7-8,12-13H2,1-3H3,(H2,23,24,25). The molecular weight excluding hydrogens is 359 g/mol. The van der Waals surface area contributed by atoms with E-state index in [2.05, 4.69) is 20.6 Å². The maximum Gasteiger partial charge on any atom is 0.213 e. The van der Waals surface area contributed by atoms with Crippen molar-refractivity contribution in [1.29, 1.82) is 0 Å². The maximum atomic E-state index is 14.3. The van der Waals surface area contributed by atoms with Gasteiger partial charge in [0, 0.05) is 13.1 Å². The zero-order chi connectivity index (χ0) is 19.9. The summed E-state index contributed by atoms with van der Waals surface area (Å²) in [4.78, 5) is 8.58. The Labute approximate surface area is 165 Å². The predicted octanol–water partition coefficient (Wildman–Crippen LogP) is 3.44. The number of guanidine groups is 1. The van der Waals surface area contributed by atoms with Gasteiger partial charge in [0.1, 0.15) is 0 Å². The SMILES string of the molecule is CN=C(NCc1cccc(OC)n1)NC(C)c1ccc(OCC2CC2)c(F)c1. The number of halogens is 1. The Kier molecular flexibility index (Phi) is 6.68. The summed E-state index contributed by atoms with van der Waals surface area (Å²) >= 11 is 0. The van der Waals surface area contributed by atoms with Crippen LogP contribution in [0.2, 0.25) is 0 Å². The fraction of sp³-hybridized carbons (Fsp3) is 0.429. The molecule has 0 saturated heterocycles. The van der Waals surface area contributed by atoms with E-state index in [1.165, 1.54) is 18.9 Å². The molecule has 2 N–H and O–H groups in total. The van der Waals surface area contributed by atoms with Gasteiger partial charge in [-0.05, 0) is 49.4 Å². The summed E-state index contributed by atoms with van der Waals surface area (Å²) in [7, 11) is 3.28. The zero-order valence-corrected chi connectivity index (χ0v) is 16.5. The van der Waals surface area contributed by atoms with Crippen LogP contribution < -0.4 is 20.1 Å². The highest BCUT2D eigenvalue weighted by molar-refractivity contribution is 5.80. The van der Waals surface area contributed by atoms with Gasteiger partial charge in [0.25, 0.3) is 0 Å². The summed E-state index contributed by atoms with van der Waals surface area (Å²) < 4.78 is 25.0. The number of pyridine rings is 1. The zero-order valence-electron chi connectivity index (χ0n) is 16.5. The van der Waals surface area contributed by atoms with Crippen LogP contribution in [-0.4, -0.2) is 31.7 Å². The summed E-state index contributed by atoms with van der Waals surface area (Å²) in [5, 5.41) is 6.47. The minimum Gasteiger partial charge on any atom is -0.490 e. The average molecular weight is 386 g/mol. The van der Waals surface area contributed by atoms with Crippen LogP contribution >= 0.6 is 0 Å². The minimum atomic E-state index is -0.338. The molecule has 1 aliphatic carbocycles. The Morgan fingerprint density at radius 3 is 2.82 bits per heavy atom. The molecule has 1 fully saturated rings. The van der Waals surface area contributed by atoms with Crippen molar-refractivity contribution in [3.05, 3.63) is 53.5 Å². The number of ether oxygens (including phenoxy) is 2. The molecule has 1 aromatic carbocycles. The van der Waals surface area contributed by atoms with Crippen molar-refractivity contribution in [3.63, 3.8) is 0 Å². The van der Waals surface area contributed by atoms with Crippen molar-refractivity contribution in [2.75, 3.05) is 20.8 Å². The van der Waals surface area contributed by atoms with Crippen molar-refractivity contribution in [1.82, 2.24) is 15.6 Å².